The van der Waals surface area contributed by atoms with E-state index >= 15 is 0 Å². The van der Waals surface area contributed by atoms with Crippen LogP contribution in [0.5, 0.6) is 0 Å². The van der Waals surface area contributed by atoms with Crippen LogP contribution in [0.1, 0.15) is 52.6 Å². The van der Waals surface area contributed by atoms with E-state index in [9.17, 15) is 9.59 Å². The number of halogens is 1. The predicted octanol–water partition coefficient (Wildman–Crippen LogP) is 5.79. The Labute approximate surface area is 235 Å². The second-order valence-electron chi connectivity index (χ2n) is 9.01. The minimum absolute atomic E-state index is 0. The summed E-state index contributed by atoms with van der Waals surface area (Å²) in [6.07, 6.45) is 1.25. The van der Waals surface area contributed by atoms with Crippen LogP contribution in [-0.4, -0.2) is 37.8 Å². The van der Waals surface area contributed by atoms with Crippen LogP contribution < -0.4 is 11.3 Å². The maximum atomic E-state index is 14.0. The molecule has 10 heteroatoms. The summed E-state index contributed by atoms with van der Waals surface area (Å²) in [6, 6.07) is 19.4. The molecule has 38 heavy (non-hydrogen) atoms. The molecular formula is C28H30ClN5O2S2. The lowest BCUT2D eigenvalue weighted by Gasteiger charge is -2.32. The number of carbonyl (C=O) groups excluding carboxylic acids is 1. The lowest BCUT2D eigenvalue weighted by atomic mass is 10.1. The Morgan fingerprint density at radius 1 is 1.13 bits per heavy atom. The predicted molar refractivity (Wildman–Crippen MR) is 159 cm³/mol. The molecule has 7 nitrogen and oxygen atoms in total. The molecule has 1 atom stereocenters. The molecule has 2 N–H and O–H groups in total. The highest BCUT2D eigenvalue weighted by Crippen LogP contribution is 2.31. The first-order chi connectivity index (χ1) is 18.0. The lowest BCUT2D eigenvalue weighted by molar-refractivity contribution is 0.0661. The van der Waals surface area contributed by atoms with E-state index in [1.54, 1.807) is 4.57 Å². The number of thiophene rings is 1. The molecular weight excluding hydrogens is 538 g/mol. The molecule has 5 aromatic rings. The Hall–Kier alpha value is -3.11. The molecule has 3 heterocycles. The molecule has 0 bridgehead atoms. The Morgan fingerprint density at radius 3 is 2.58 bits per heavy atom. The first kappa shape index (κ1) is 27.9. The highest BCUT2D eigenvalue weighted by atomic mass is 35.5. The quantitative estimate of drug-likeness (QED) is 0.243. The van der Waals surface area contributed by atoms with E-state index in [1.807, 2.05) is 79.4 Å². The molecule has 5 rings (SSSR count). The van der Waals surface area contributed by atoms with Crippen molar-refractivity contribution < 1.29 is 4.79 Å². The van der Waals surface area contributed by atoms with Gasteiger partial charge in [-0.25, -0.2) is 4.98 Å². The van der Waals surface area contributed by atoms with Crippen LogP contribution in [0.3, 0.4) is 0 Å². The summed E-state index contributed by atoms with van der Waals surface area (Å²) in [6.45, 7) is 5.17. The third-order valence-electron chi connectivity index (χ3n) is 6.54. The fourth-order valence-corrected chi connectivity index (χ4v) is 6.48. The molecule has 0 saturated heterocycles. The van der Waals surface area contributed by atoms with E-state index in [0.717, 1.165) is 15.6 Å². The number of hydrogen-bond donors (Lipinski definition) is 1. The minimum atomic E-state index is -0.396. The fraction of sp³-hybridized carbons (Fsp3) is 0.286. The van der Waals surface area contributed by atoms with E-state index in [2.05, 4.69) is 4.37 Å². The molecule has 0 spiro atoms. The standard InChI is InChI=1S/C28H29N5O2S2.ClH/c1-3-21(32(15-9-14-29)27(34)23-16-20-12-7-8-13-22(20)36-23)25-30-26-24(18(2)31-37-26)28(35)33(25)17-19-10-5-4-6-11-19;/h4-8,10-13,16,21H,3,9,14-15,17,29H2,1-2H3;1H. The number of nitrogens with two attached hydrogens (primary N) is 1. The summed E-state index contributed by atoms with van der Waals surface area (Å²) < 4.78 is 7.19. The second-order valence-corrected chi connectivity index (χ2v) is 10.8. The number of rotatable bonds is 9. The van der Waals surface area contributed by atoms with Gasteiger partial charge in [0.25, 0.3) is 11.5 Å². The SMILES string of the molecule is CCC(c1nc2snc(C)c2c(=O)n1Cc1ccccc1)N(CCCN)C(=O)c1cc2ccccc2s1.Cl. The summed E-state index contributed by atoms with van der Waals surface area (Å²) in [5.41, 5.74) is 7.43. The summed E-state index contributed by atoms with van der Waals surface area (Å²) in [5, 5.41) is 1.59. The first-order valence-electron chi connectivity index (χ1n) is 12.4. The van der Waals surface area contributed by atoms with Crippen molar-refractivity contribution >= 4 is 61.5 Å². The number of aromatic nitrogens is 3. The van der Waals surface area contributed by atoms with Gasteiger partial charge in [-0.3, -0.25) is 14.2 Å². The number of aryl methyl sites for hydroxylation is 1. The van der Waals surface area contributed by atoms with Crippen LogP contribution in [0.4, 0.5) is 0 Å². The van der Waals surface area contributed by atoms with Gasteiger partial charge < -0.3 is 10.6 Å². The second kappa shape index (κ2) is 12.2. The third-order valence-corrected chi connectivity index (χ3v) is 8.48. The van der Waals surface area contributed by atoms with E-state index in [4.69, 9.17) is 10.7 Å². The van der Waals surface area contributed by atoms with Crippen molar-refractivity contribution in [2.24, 2.45) is 5.73 Å². The summed E-state index contributed by atoms with van der Waals surface area (Å²) in [7, 11) is 0. The van der Waals surface area contributed by atoms with Gasteiger partial charge in [-0.1, -0.05) is 55.5 Å². The number of benzene rings is 2. The maximum absolute atomic E-state index is 14.0. The highest BCUT2D eigenvalue weighted by molar-refractivity contribution is 7.20. The van der Waals surface area contributed by atoms with Gasteiger partial charge in [0.05, 0.1) is 28.5 Å². The molecule has 0 aliphatic rings. The van der Waals surface area contributed by atoms with Gasteiger partial charge >= 0.3 is 0 Å². The van der Waals surface area contributed by atoms with Gasteiger partial charge in [0.1, 0.15) is 5.82 Å². The van der Waals surface area contributed by atoms with Gasteiger partial charge in [-0.2, -0.15) is 4.37 Å². The Morgan fingerprint density at radius 2 is 1.87 bits per heavy atom. The molecule has 3 aromatic heterocycles. The molecule has 1 unspecified atom stereocenters. The zero-order chi connectivity index (χ0) is 25.9. The Kier molecular flexibility index (Phi) is 8.94. The van der Waals surface area contributed by atoms with Crippen molar-refractivity contribution in [2.75, 3.05) is 13.1 Å². The highest BCUT2D eigenvalue weighted by Gasteiger charge is 2.30. The van der Waals surface area contributed by atoms with Gasteiger partial charge in [0.15, 0.2) is 4.83 Å². The Bertz CT molecular complexity index is 1580. The van der Waals surface area contributed by atoms with E-state index in [0.29, 0.717) is 59.1 Å². The smallest absolute Gasteiger partial charge is 0.264 e. The molecule has 0 fully saturated rings. The van der Waals surface area contributed by atoms with Crippen LogP contribution in [0, 0.1) is 6.92 Å². The molecule has 0 saturated carbocycles. The topological polar surface area (TPSA) is 94.1 Å². The van der Waals surface area contributed by atoms with Crippen molar-refractivity contribution in [2.45, 2.75) is 39.3 Å². The van der Waals surface area contributed by atoms with Gasteiger partial charge in [-0.15, -0.1) is 23.7 Å². The van der Waals surface area contributed by atoms with Crippen LogP contribution in [0.25, 0.3) is 20.3 Å². The van der Waals surface area contributed by atoms with Gasteiger partial charge in [-0.05, 0) is 60.9 Å². The normalized spacial score (nSPS) is 12.0. The van der Waals surface area contributed by atoms with Crippen LogP contribution in [0.15, 0.2) is 65.5 Å². The fourth-order valence-electron chi connectivity index (χ4n) is 4.69. The van der Waals surface area contributed by atoms with Crippen molar-refractivity contribution in [1.82, 2.24) is 18.8 Å². The molecule has 1 amide bonds. The van der Waals surface area contributed by atoms with E-state index in [1.165, 1.54) is 22.9 Å². The third kappa shape index (κ3) is 5.37. The number of fused-ring (bicyclic) bond motifs is 2. The monoisotopic (exact) mass is 567 g/mol. The minimum Gasteiger partial charge on any atom is -0.330 e. The molecule has 0 aliphatic heterocycles. The van der Waals surface area contributed by atoms with Crippen LogP contribution in [0.2, 0.25) is 0 Å². The van der Waals surface area contributed by atoms with Crippen molar-refractivity contribution in [3.63, 3.8) is 0 Å². The Balaban J connectivity index is 0.00000336. The average Bonchev–Trinajstić information content (AvgIpc) is 3.52. The number of nitrogens with zero attached hydrogens (tertiary/aromatic N) is 4. The van der Waals surface area contributed by atoms with Crippen molar-refractivity contribution in [3.8, 4) is 0 Å². The maximum Gasteiger partial charge on any atom is 0.264 e. The summed E-state index contributed by atoms with van der Waals surface area (Å²) >= 11 is 2.71. The molecule has 0 radical (unpaired) electrons. The number of hydrogen-bond acceptors (Lipinski definition) is 7. The van der Waals surface area contributed by atoms with Crippen molar-refractivity contribution in [1.29, 1.82) is 0 Å². The largest absolute Gasteiger partial charge is 0.330 e. The number of carbonyl (C=O) groups is 1. The lowest BCUT2D eigenvalue weighted by Crippen LogP contribution is -2.39. The van der Waals surface area contributed by atoms with E-state index in [-0.39, 0.29) is 23.9 Å². The van der Waals surface area contributed by atoms with Crippen LogP contribution >= 0.6 is 35.3 Å². The summed E-state index contributed by atoms with van der Waals surface area (Å²) in [5.74, 6) is 0.515. The molecule has 0 aliphatic carbocycles. The number of amides is 1. The molecule has 2 aromatic carbocycles. The zero-order valence-electron chi connectivity index (χ0n) is 21.3. The summed E-state index contributed by atoms with van der Waals surface area (Å²) in [4.78, 5) is 35.9. The average molecular weight is 568 g/mol. The first-order valence-corrected chi connectivity index (χ1v) is 14.0. The van der Waals surface area contributed by atoms with E-state index < -0.39 is 6.04 Å². The van der Waals surface area contributed by atoms with Gasteiger partial charge in [0, 0.05) is 11.2 Å². The van der Waals surface area contributed by atoms with Gasteiger partial charge in [0.2, 0.25) is 0 Å². The molecule has 198 valence electrons. The zero-order valence-corrected chi connectivity index (χ0v) is 23.7. The van der Waals surface area contributed by atoms with Crippen molar-refractivity contribution in [3.05, 3.63) is 93.0 Å². The van der Waals surface area contributed by atoms with Crippen LogP contribution in [-0.2, 0) is 6.54 Å².